The van der Waals surface area contributed by atoms with E-state index in [1.165, 1.54) is 4.90 Å². The molecule has 1 aliphatic carbocycles. The maximum Gasteiger partial charge on any atom is 0.307 e. The number of hydrogen-bond donors (Lipinski definition) is 1. The van der Waals surface area contributed by atoms with Gasteiger partial charge in [-0.3, -0.25) is 9.59 Å². The number of aliphatic carboxylic acids is 1. The number of carbonyl (C=O) groups is 2. The molecular formula is C13H23NO5S. The lowest BCUT2D eigenvalue weighted by Crippen LogP contribution is -2.50. The maximum absolute atomic E-state index is 12.4. The van der Waals surface area contributed by atoms with Crippen LogP contribution in [0.25, 0.3) is 0 Å². The Morgan fingerprint density at radius 3 is 2.15 bits per heavy atom. The summed E-state index contributed by atoms with van der Waals surface area (Å²) >= 11 is 0. The maximum atomic E-state index is 12.4. The molecule has 1 saturated carbocycles. The van der Waals surface area contributed by atoms with Crippen molar-refractivity contribution in [1.29, 1.82) is 0 Å². The van der Waals surface area contributed by atoms with Crippen LogP contribution in [0.15, 0.2) is 0 Å². The van der Waals surface area contributed by atoms with Crippen molar-refractivity contribution in [3.8, 4) is 0 Å². The highest BCUT2D eigenvalue weighted by molar-refractivity contribution is 7.91. The zero-order valence-corrected chi connectivity index (χ0v) is 13.0. The van der Waals surface area contributed by atoms with Crippen molar-refractivity contribution in [2.45, 2.75) is 39.7 Å². The molecule has 0 radical (unpaired) electrons. The van der Waals surface area contributed by atoms with E-state index < -0.39 is 33.7 Å². The van der Waals surface area contributed by atoms with Crippen LogP contribution in [0.4, 0.5) is 0 Å². The molecule has 0 spiro atoms. The summed E-state index contributed by atoms with van der Waals surface area (Å²) in [7, 11) is -3.16. The number of hydrogen-bond acceptors (Lipinski definition) is 4. The van der Waals surface area contributed by atoms with E-state index in [4.69, 9.17) is 5.11 Å². The molecule has 0 aromatic carbocycles. The molecule has 0 bridgehead atoms. The fraction of sp³-hybridized carbons (Fsp3) is 0.846. The molecule has 20 heavy (non-hydrogen) atoms. The van der Waals surface area contributed by atoms with Crippen LogP contribution in [0, 0.1) is 11.8 Å². The first kappa shape index (κ1) is 16.9. The molecule has 0 aromatic heterocycles. The van der Waals surface area contributed by atoms with Crippen LogP contribution in [0.1, 0.15) is 33.6 Å². The highest BCUT2D eigenvalue weighted by Gasteiger charge is 2.43. The summed E-state index contributed by atoms with van der Waals surface area (Å²) in [5.74, 6) is -2.33. The van der Waals surface area contributed by atoms with Gasteiger partial charge in [0.2, 0.25) is 5.91 Å². The zero-order chi connectivity index (χ0) is 15.5. The Hall–Kier alpha value is -1.11. The molecule has 3 atom stereocenters. The van der Waals surface area contributed by atoms with Crippen molar-refractivity contribution in [2.24, 2.45) is 11.8 Å². The number of carboxylic acids is 1. The number of carboxylic acid groups (broad SMARTS) is 1. The van der Waals surface area contributed by atoms with Gasteiger partial charge in [0.1, 0.15) is 0 Å². The van der Waals surface area contributed by atoms with E-state index in [0.717, 1.165) is 0 Å². The Balaban J connectivity index is 2.75. The smallest absolute Gasteiger partial charge is 0.307 e. The highest BCUT2D eigenvalue weighted by atomic mass is 32.2. The summed E-state index contributed by atoms with van der Waals surface area (Å²) in [5, 5.41) is 9.00. The van der Waals surface area contributed by atoms with Gasteiger partial charge in [0, 0.05) is 18.3 Å². The van der Waals surface area contributed by atoms with Gasteiger partial charge >= 0.3 is 5.97 Å². The molecule has 3 unspecified atom stereocenters. The SMILES string of the molecule is CCN(C(=O)C1CCC1C(=O)O)C(C)CS(=O)(=O)CC. The molecule has 1 amide bonds. The van der Waals surface area contributed by atoms with E-state index >= 15 is 0 Å². The van der Waals surface area contributed by atoms with Crippen LogP contribution >= 0.6 is 0 Å². The first-order valence-corrected chi connectivity index (χ1v) is 8.79. The molecule has 116 valence electrons. The molecule has 0 aromatic rings. The van der Waals surface area contributed by atoms with Gasteiger partial charge in [-0.05, 0) is 26.7 Å². The Morgan fingerprint density at radius 1 is 1.25 bits per heavy atom. The zero-order valence-electron chi connectivity index (χ0n) is 12.2. The minimum absolute atomic E-state index is 0.0459. The van der Waals surface area contributed by atoms with E-state index in [2.05, 4.69) is 0 Å². The second kappa shape index (κ2) is 6.56. The number of rotatable bonds is 7. The summed E-state index contributed by atoms with van der Waals surface area (Å²) in [6.45, 7) is 5.44. The first-order valence-electron chi connectivity index (χ1n) is 6.97. The molecule has 6 nitrogen and oxygen atoms in total. The molecule has 0 saturated heterocycles. The van der Waals surface area contributed by atoms with Gasteiger partial charge in [-0.1, -0.05) is 6.92 Å². The Labute approximate surface area is 120 Å². The first-order chi connectivity index (χ1) is 9.23. The molecule has 0 heterocycles. The molecule has 7 heteroatoms. The fourth-order valence-corrected chi connectivity index (χ4v) is 3.71. The average Bonchev–Trinajstić information content (AvgIpc) is 2.26. The minimum Gasteiger partial charge on any atom is -0.481 e. The molecule has 1 rings (SSSR count). The van der Waals surface area contributed by atoms with E-state index in [-0.39, 0.29) is 17.4 Å². The standard InChI is InChI=1S/C13H23NO5S/c1-4-14(9(3)8-20(18,19)5-2)12(15)10-6-7-11(10)13(16)17/h9-11H,4-8H2,1-3H3,(H,16,17). The monoisotopic (exact) mass is 305 g/mol. The van der Waals surface area contributed by atoms with Gasteiger partial charge in [-0.2, -0.15) is 0 Å². The minimum atomic E-state index is -3.16. The number of carbonyl (C=O) groups excluding carboxylic acids is 1. The van der Waals surface area contributed by atoms with Gasteiger partial charge in [0.25, 0.3) is 0 Å². The predicted molar refractivity (Wildman–Crippen MR) is 75.0 cm³/mol. The highest BCUT2D eigenvalue weighted by Crippen LogP contribution is 2.36. The summed E-state index contributed by atoms with van der Waals surface area (Å²) in [6, 6.07) is -0.424. The number of amides is 1. The topological polar surface area (TPSA) is 91.8 Å². The van der Waals surface area contributed by atoms with E-state index in [1.807, 2.05) is 0 Å². The van der Waals surface area contributed by atoms with Gasteiger partial charge < -0.3 is 10.0 Å². The van der Waals surface area contributed by atoms with Crippen molar-refractivity contribution in [3.05, 3.63) is 0 Å². The van der Waals surface area contributed by atoms with Gasteiger partial charge in [-0.25, -0.2) is 8.42 Å². The number of sulfone groups is 1. The Bertz CT molecular complexity index is 473. The molecular weight excluding hydrogens is 282 g/mol. The third-order valence-corrected chi connectivity index (χ3v) is 5.87. The average molecular weight is 305 g/mol. The Morgan fingerprint density at radius 2 is 1.80 bits per heavy atom. The second-order valence-corrected chi connectivity index (χ2v) is 7.70. The van der Waals surface area contributed by atoms with Gasteiger partial charge in [-0.15, -0.1) is 0 Å². The van der Waals surface area contributed by atoms with Crippen molar-refractivity contribution in [2.75, 3.05) is 18.1 Å². The second-order valence-electron chi connectivity index (χ2n) is 5.30. The van der Waals surface area contributed by atoms with E-state index in [9.17, 15) is 18.0 Å². The molecule has 1 aliphatic rings. The normalized spacial score (nSPS) is 23.8. The van der Waals surface area contributed by atoms with Crippen LogP contribution < -0.4 is 0 Å². The molecule has 1 fully saturated rings. The van der Waals surface area contributed by atoms with Crippen molar-refractivity contribution >= 4 is 21.7 Å². The fourth-order valence-electron chi connectivity index (χ4n) is 2.56. The van der Waals surface area contributed by atoms with Gasteiger partial charge in [0.15, 0.2) is 9.84 Å². The lowest BCUT2D eigenvalue weighted by atomic mass is 9.72. The summed E-state index contributed by atoms with van der Waals surface area (Å²) in [4.78, 5) is 24.8. The third kappa shape index (κ3) is 3.71. The van der Waals surface area contributed by atoms with Crippen molar-refractivity contribution < 1.29 is 23.1 Å². The third-order valence-electron chi connectivity index (χ3n) is 4.00. The van der Waals surface area contributed by atoms with Crippen molar-refractivity contribution in [1.82, 2.24) is 4.90 Å². The number of nitrogens with zero attached hydrogens (tertiary/aromatic N) is 1. The van der Waals surface area contributed by atoms with E-state index in [0.29, 0.717) is 19.4 Å². The van der Waals surface area contributed by atoms with Crippen LogP contribution in [0.5, 0.6) is 0 Å². The van der Waals surface area contributed by atoms with E-state index in [1.54, 1.807) is 20.8 Å². The van der Waals surface area contributed by atoms with Crippen LogP contribution in [0.3, 0.4) is 0 Å². The lowest BCUT2D eigenvalue weighted by molar-refractivity contribution is -0.157. The molecule has 1 N–H and O–H groups in total. The van der Waals surface area contributed by atoms with Crippen molar-refractivity contribution in [3.63, 3.8) is 0 Å². The summed E-state index contributed by atoms with van der Waals surface area (Å²) < 4.78 is 23.3. The summed E-state index contributed by atoms with van der Waals surface area (Å²) in [6.07, 6.45) is 1.09. The Kier molecular flexibility index (Phi) is 5.56. The largest absolute Gasteiger partial charge is 0.481 e. The van der Waals surface area contributed by atoms with Crippen LogP contribution in [0.2, 0.25) is 0 Å². The quantitative estimate of drug-likeness (QED) is 0.750. The summed E-state index contributed by atoms with van der Waals surface area (Å²) in [5.41, 5.74) is 0. The van der Waals surface area contributed by atoms with Crippen LogP contribution in [-0.2, 0) is 19.4 Å². The lowest BCUT2D eigenvalue weighted by Gasteiger charge is -2.38. The van der Waals surface area contributed by atoms with Gasteiger partial charge in [0.05, 0.1) is 17.6 Å². The van der Waals surface area contributed by atoms with Crippen LogP contribution in [-0.4, -0.2) is 54.4 Å². The predicted octanol–water partition coefficient (Wildman–Crippen LogP) is 0.769. The molecule has 0 aliphatic heterocycles.